The highest BCUT2D eigenvalue weighted by Crippen LogP contribution is 2.42. The number of para-hydroxylation sites is 1. The zero-order chi connectivity index (χ0) is 24.5. The van der Waals surface area contributed by atoms with Gasteiger partial charge >= 0.3 is 5.97 Å². The van der Waals surface area contributed by atoms with Crippen LogP contribution < -0.4 is 15.8 Å². The molecule has 1 aliphatic carbocycles. The summed E-state index contributed by atoms with van der Waals surface area (Å²) in [6.07, 6.45) is 7.66. The van der Waals surface area contributed by atoms with Crippen molar-refractivity contribution in [3.63, 3.8) is 0 Å². The molecule has 0 saturated heterocycles. The van der Waals surface area contributed by atoms with Gasteiger partial charge in [-0.25, -0.2) is 13.1 Å². The number of esters is 1. The second kappa shape index (κ2) is 11.9. The van der Waals surface area contributed by atoms with Crippen LogP contribution in [0.3, 0.4) is 0 Å². The van der Waals surface area contributed by atoms with Crippen LogP contribution in [0.15, 0.2) is 41.8 Å². The SMILES string of the molecule is C=C[C@@H]1C[C@@]1(N)C(=O)NS(=O)(=O)c1ccccc1NC(=O)CCCCCCCCC(=O)OC. The average Bonchev–Trinajstić information content (AvgIpc) is 3.47. The zero-order valence-corrected chi connectivity index (χ0v) is 19.8. The lowest BCUT2D eigenvalue weighted by Crippen LogP contribution is -2.46. The molecule has 0 aromatic heterocycles. The monoisotopic (exact) mass is 479 g/mol. The summed E-state index contributed by atoms with van der Waals surface area (Å²) in [5, 5.41) is 2.63. The smallest absolute Gasteiger partial charge is 0.305 e. The van der Waals surface area contributed by atoms with E-state index in [9.17, 15) is 22.8 Å². The molecule has 0 spiro atoms. The van der Waals surface area contributed by atoms with Gasteiger partial charge in [0.1, 0.15) is 10.4 Å². The van der Waals surface area contributed by atoms with E-state index < -0.39 is 21.5 Å². The van der Waals surface area contributed by atoms with Crippen LogP contribution in [0.4, 0.5) is 5.69 Å². The normalized spacial score (nSPS) is 19.4. The predicted molar refractivity (Wildman–Crippen MR) is 125 cm³/mol. The summed E-state index contributed by atoms with van der Waals surface area (Å²) in [4.78, 5) is 35.5. The Labute approximate surface area is 195 Å². The quantitative estimate of drug-likeness (QED) is 0.211. The third-order valence-corrected chi connectivity index (χ3v) is 7.10. The Balaban J connectivity index is 1.81. The highest BCUT2D eigenvalue weighted by atomic mass is 32.2. The van der Waals surface area contributed by atoms with Crippen molar-refractivity contribution in [3.8, 4) is 0 Å². The van der Waals surface area contributed by atoms with Gasteiger partial charge in [-0.3, -0.25) is 14.4 Å². The number of carbonyl (C=O) groups excluding carboxylic acids is 3. The minimum Gasteiger partial charge on any atom is -0.469 e. The number of nitrogens with two attached hydrogens (primary N) is 1. The maximum Gasteiger partial charge on any atom is 0.305 e. The van der Waals surface area contributed by atoms with E-state index in [1.807, 2.05) is 4.72 Å². The van der Waals surface area contributed by atoms with Crippen LogP contribution in [0.1, 0.15) is 57.8 Å². The van der Waals surface area contributed by atoms with Crippen molar-refractivity contribution >= 4 is 33.5 Å². The van der Waals surface area contributed by atoms with Gasteiger partial charge in [0.15, 0.2) is 0 Å². The first-order chi connectivity index (χ1) is 15.6. The molecule has 2 atom stereocenters. The van der Waals surface area contributed by atoms with Gasteiger partial charge in [0.05, 0.1) is 12.8 Å². The maximum atomic E-state index is 12.8. The lowest BCUT2D eigenvalue weighted by atomic mass is 10.1. The van der Waals surface area contributed by atoms with E-state index in [4.69, 9.17) is 5.73 Å². The fourth-order valence-electron chi connectivity index (χ4n) is 3.51. The summed E-state index contributed by atoms with van der Waals surface area (Å²) in [7, 11) is -2.84. The highest BCUT2D eigenvalue weighted by molar-refractivity contribution is 7.90. The van der Waals surface area contributed by atoms with Gasteiger partial charge in [0.2, 0.25) is 5.91 Å². The van der Waals surface area contributed by atoms with Gasteiger partial charge in [-0.1, -0.05) is 43.9 Å². The molecule has 1 aromatic carbocycles. The minimum absolute atomic E-state index is 0.104. The molecule has 182 valence electrons. The predicted octanol–water partition coefficient (Wildman–Crippen LogP) is 2.63. The van der Waals surface area contributed by atoms with E-state index in [0.717, 1.165) is 32.1 Å². The van der Waals surface area contributed by atoms with Crippen LogP contribution in [0.5, 0.6) is 0 Å². The van der Waals surface area contributed by atoms with Crippen LogP contribution in [0, 0.1) is 5.92 Å². The van der Waals surface area contributed by atoms with Crippen molar-refractivity contribution in [1.29, 1.82) is 0 Å². The molecule has 0 unspecified atom stereocenters. The Morgan fingerprint density at radius 1 is 1.12 bits per heavy atom. The number of hydrogen-bond acceptors (Lipinski definition) is 7. The first-order valence-electron chi connectivity index (χ1n) is 11.1. The second-order valence-electron chi connectivity index (χ2n) is 8.26. The van der Waals surface area contributed by atoms with Crippen molar-refractivity contribution in [1.82, 2.24) is 4.72 Å². The van der Waals surface area contributed by atoms with Crippen molar-refractivity contribution in [2.24, 2.45) is 11.7 Å². The van der Waals surface area contributed by atoms with Gasteiger partial charge < -0.3 is 15.8 Å². The topological polar surface area (TPSA) is 145 Å². The fraction of sp³-hybridized carbons (Fsp3) is 0.522. The van der Waals surface area contributed by atoms with Crippen LogP contribution in [-0.2, 0) is 29.1 Å². The second-order valence-corrected chi connectivity index (χ2v) is 9.91. The van der Waals surface area contributed by atoms with E-state index in [1.54, 1.807) is 6.07 Å². The standard InChI is InChI=1S/C23H33N3O6S/c1-3-17-16-23(17,24)22(29)26-33(30,31)19-13-11-10-12-18(19)25-20(27)14-8-6-4-5-7-9-15-21(28)32-2/h3,10-13,17H,1,4-9,14-16,24H2,2H3,(H,25,27)(H,26,29)/t17-,23+/m1/s1. The summed E-state index contributed by atoms with van der Waals surface area (Å²) < 4.78 is 32.2. The molecule has 1 saturated carbocycles. The van der Waals surface area contributed by atoms with Crippen LogP contribution in [-0.4, -0.2) is 38.9 Å². The molecule has 1 fully saturated rings. The molecular weight excluding hydrogens is 446 g/mol. The van der Waals surface area contributed by atoms with Crippen molar-refractivity contribution in [2.45, 2.75) is 68.2 Å². The number of nitrogens with one attached hydrogen (secondary N) is 2. The number of rotatable bonds is 14. The minimum atomic E-state index is -4.22. The molecule has 2 rings (SSSR count). The highest BCUT2D eigenvalue weighted by Gasteiger charge is 2.56. The Morgan fingerprint density at radius 3 is 2.33 bits per heavy atom. The van der Waals surface area contributed by atoms with Crippen LogP contribution in [0.2, 0.25) is 0 Å². The van der Waals surface area contributed by atoms with Crippen LogP contribution >= 0.6 is 0 Å². The summed E-state index contributed by atoms with van der Waals surface area (Å²) in [6, 6.07) is 5.90. The Morgan fingerprint density at radius 2 is 1.73 bits per heavy atom. The van der Waals surface area contributed by atoms with E-state index in [-0.39, 0.29) is 34.8 Å². The molecular formula is C23H33N3O6S. The van der Waals surface area contributed by atoms with Gasteiger partial charge in [-0.15, -0.1) is 6.58 Å². The zero-order valence-electron chi connectivity index (χ0n) is 19.0. The number of unbranched alkanes of at least 4 members (excludes halogenated alkanes) is 5. The first kappa shape index (κ1) is 26.5. The molecule has 0 aliphatic heterocycles. The van der Waals surface area contributed by atoms with Gasteiger partial charge in [-0.05, 0) is 31.4 Å². The molecule has 4 N–H and O–H groups in total. The number of benzene rings is 1. The number of hydrogen-bond donors (Lipinski definition) is 3. The fourth-order valence-corrected chi connectivity index (χ4v) is 4.72. The molecule has 2 amide bonds. The van der Waals surface area contributed by atoms with Crippen molar-refractivity contribution < 1.29 is 27.5 Å². The van der Waals surface area contributed by atoms with Gasteiger partial charge in [0, 0.05) is 18.8 Å². The molecule has 1 aromatic rings. The Hall–Kier alpha value is -2.72. The maximum absolute atomic E-state index is 12.8. The number of methoxy groups -OCH3 is 1. The third kappa shape index (κ3) is 7.68. The molecule has 10 heteroatoms. The molecule has 33 heavy (non-hydrogen) atoms. The number of carbonyl (C=O) groups is 3. The molecule has 9 nitrogen and oxygen atoms in total. The van der Waals surface area contributed by atoms with E-state index in [2.05, 4.69) is 16.6 Å². The third-order valence-electron chi connectivity index (χ3n) is 5.71. The summed E-state index contributed by atoms with van der Waals surface area (Å²) >= 11 is 0. The van der Waals surface area contributed by atoms with Gasteiger partial charge in [0.25, 0.3) is 15.9 Å². The summed E-state index contributed by atoms with van der Waals surface area (Å²) in [6.45, 7) is 3.59. The summed E-state index contributed by atoms with van der Waals surface area (Å²) in [5.41, 5.74) is 4.77. The number of ether oxygens (including phenoxy) is 1. The number of sulfonamides is 1. The first-order valence-corrected chi connectivity index (χ1v) is 12.6. The van der Waals surface area contributed by atoms with Gasteiger partial charge in [-0.2, -0.15) is 0 Å². The molecule has 1 aliphatic rings. The summed E-state index contributed by atoms with van der Waals surface area (Å²) in [5.74, 6) is -1.57. The number of amides is 2. The van der Waals surface area contributed by atoms with E-state index >= 15 is 0 Å². The van der Waals surface area contributed by atoms with Crippen LogP contribution in [0.25, 0.3) is 0 Å². The average molecular weight is 480 g/mol. The molecule has 0 heterocycles. The molecule has 0 radical (unpaired) electrons. The Bertz CT molecular complexity index is 978. The van der Waals surface area contributed by atoms with E-state index in [1.165, 1.54) is 31.4 Å². The Kier molecular flexibility index (Phi) is 9.60. The van der Waals surface area contributed by atoms with E-state index in [0.29, 0.717) is 19.3 Å². The lowest BCUT2D eigenvalue weighted by molar-refractivity contribution is -0.140. The lowest BCUT2D eigenvalue weighted by Gasteiger charge is -2.15. The number of anilines is 1. The largest absolute Gasteiger partial charge is 0.469 e. The van der Waals surface area contributed by atoms with Crippen molar-refractivity contribution in [2.75, 3.05) is 12.4 Å². The molecule has 0 bridgehead atoms. The van der Waals surface area contributed by atoms with Crippen molar-refractivity contribution in [3.05, 3.63) is 36.9 Å².